The van der Waals surface area contributed by atoms with Gasteiger partial charge in [0.05, 0.1) is 4.90 Å². The number of nitrogens with two attached hydrogens (primary N) is 1. The highest BCUT2D eigenvalue weighted by Crippen LogP contribution is 2.26. The second kappa shape index (κ2) is 7.31. The van der Waals surface area contributed by atoms with Gasteiger partial charge in [-0.25, -0.2) is 18.4 Å². The Labute approximate surface area is 142 Å². The number of carbonyl (C=O) groups is 2. The van der Waals surface area contributed by atoms with E-state index < -0.39 is 10.0 Å². The molecular weight excluding hydrogens is 330 g/mol. The number of rotatable bonds is 5. The van der Waals surface area contributed by atoms with E-state index in [9.17, 15) is 18.0 Å². The molecule has 0 unspecified atom stereocenters. The van der Waals surface area contributed by atoms with Crippen LogP contribution in [0.25, 0.3) is 0 Å². The fraction of sp³-hybridized carbons (Fsp3) is 0.500. The third-order valence-electron chi connectivity index (χ3n) is 4.37. The first-order chi connectivity index (χ1) is 11.2. The second-order valence-electron chi connectivity index (χ2n) is 6.11. The molecule has 24 heavy (non-hydrogen) atoms. The molecule has 3 N–H and O–H groups in total. The van der Waals surface area contributed by atoms with E-state index >= 15 is 0 Å². The lowest BCUT2D eigenvalue weighted by atomic mass is 9.95. The van der Waals surface area contributed by atoms with E-state index in [-0.39, 0.29) is 28.7 Å². The predicted octanol–water partition coefficient (Wildman–Crippen LogP) is 1.09. The summed E-state index contributed by atoms with van der Waals surface area (Å²) in [5.41, 5.74) is 0.871. The SMILES string of the molecule is CC[C@H]1C(=O)N(C(=O)NCCc2ccc(S(N)(=O)=O)cc2)C[C@H]1C. The molecule has 0 radical (unpaired) electrons. The fourth-order valence-corrected chi connectivity index (χ4v) is 3.48. The highest BCUT2D eigenvalue weighted by Gasteiger charge is 2.39. The zero-order valence-electron chi connectivity index (χ0n) is 13.9. The Bertz CT molecular complexity index is 715. The van der Waals surface area contributed by atoms with Gasteiger partial charge >= 0.3 is 6.03 Å². The van der Waals surface area contributed by atoms with Crippen molar-refractivity contribution < 1.29 is 18.0 Å². The normalized spacial score (nSPS) is 21.1. The summed E-state index contributed by atoms with van der Waals surface area (Å²) in [6, 6.07) is 5.81. The number of nitrogens with zero attached hydrogens (tertiary/aromatic N) is 1. The topological polar surface area (TPSA) is 110 Å². The molecule has 132 valence electrons. The quantitative estimate of drug-likeness (QED) is 0.825. The van der Waals surface area contributed by atoms with Crippen LogP contribution in [0.15, 0.2) is 29.2 Å². The van der Waals surface area contributed by atoms with Gasteiger partial charge in [-0.1, -0.05) is 26.0 Å². The minimum atomic E-state index is -3.70. The number of primary sulfonamides is 1. The van der Waals surface area contributed by atoms with Crippen LogP contribution in [0.4, 0.5) is 4.79 Å². The molecule has 2 rings (SSSR count). The summed E-state index contributed by atoms with van der Waals surface area (Å²) in [5.74, 6) is -0.0134. The van der Waals surface area contributed by atoms with Crippen molar-refractivity contribution in [1.82, 2.24) is 10.2 Å². The number of carbonyl (C=O) groups excluding carboxylic acids is 2. The van der Waals surface area contributed by atoms with Crippen LogP contribution in [0.1, 0.15) is 25.8 Å². The van der Waals surface area contributed by atoms with E-state index in [0.717, 1.165) is 12.0 Å². The third kappa shape index (κ3) is 4.12. The Kier molecular flexibility index (Phi) is 5.61. The minimum absolute atomic E-state index is 0.0533. The summed E-state index contributed by atoms with van der Waals surface area (Å²) in [5, 5.41) is 7.78. The molecule has 8 heteroatoms. The maximum atomic E-state index is 12.1. The molecule has 2 atom stereocenters. The van der Waals surface area contributed by atoms with Crippen LogP contribution in [-0.2, 0) is 21.2 Å². The number of sulfonamides is 1. The van der Waals surface area contributed by atoms with Gasteiger partial charge < -0.3 is 5.32 Å². The molecular formula is C16H23N3O4S. The van der Waals surface area contributed by atoms with Crippen molar-refractivity contribution in [2.45, 2.75) is 31.6 Å². The summed E-state index contributed by atoms with van der Waals surface area (Å²) < 4.78 is 22.4. The van der Waals surface area contributed by atoms with Crippen molar-refractivity contribution >= 4 is 22.0 Å². The zero-order chi connectivity index (χ0) is 17.9. The van der Waals surface area contributed by atoms with E-state index in [1.807, 2.05) is 13.8 Å². The lowest BCUT2D eigenvalue weighted by molar-refractivity contribution is -0.128. The highest BCUT2D eigenvalue weighted by atomic mass is 32.2. The van der Waals surface area contributed by atoms with E-state index in [2.05, 4.69) is 5.32 Å². The molecule has 0 saturated carbocycles. The first kappa shape index (κ1) is 18.4. The van der Waals surface area contributed by atoms with Gasteiger partial charge in [0.1, 0.15) is 0 Å². The highest BCUT2D eigenvalue weighted by molar-refractivity contribution is 7.89. The van der Waals surface area contributed by atoms with Crippen LogP contribution in [0.3, 0.4) is 0 Å². The number of amides is 3. The molecule has 3 amide bonds. The van der Waals surface area contributed by atoms with Crippen LogP contribution < -0.4 is 10.5 Å². The molecule has 1 aromatic rings. The van der Waals surface area contributed by atoms with Crippen LogP contribution in [-0.4, -0.2) is 38.3 Å². The molecule has 1 saturated heterocycles. The average Bonchev–Trinajstić information content (AvgIpc) is 2.81. The minimum Gasteiger partial charge on any atom is -0.337 e. The lowest BCUT2D eigenvalue weighted by Gasteiger charge is -2.15. The third-order valence-corrected chi connectivity index (χ3v) is 5.30. The summed E-state index contributed by atoms with van der Waals surface area (Å²) >= 11 is 0. The molecule has 1 fully saturated rings. The first-order valence-corrected chi connectivity index (χ1v) is 9.49. The molecule has 1 heterocycles. The Hall–Kier alpha value is -1.93. The van der Waals surface area contributed by atoms with Crippen LogP contribution in [0, 0.1) is 11.8 Å². The Balaban J connectivity index is 1.86. The van der Waals surface area contributed by atoms with Crippen molar-refractivity contribution in [3.63, 3.8) is 0 Å². The van der Waals surface area contributed by atoms with Crippen molar-refractivity contribution in [3.8, 4) is 0 Å². The molecule has 1 aliphatic heterocycles. The van der Waals surface area contributed by atoms with Gasteiger partial charge in [-0.05, 0) is 36.5 Å². The molecule has 0 bridgehead atoms. The smallest absolute Gasteiger partial charge is 0.324 e. The van der Waals surface area contributed by atoms with Gasteiger partial charge in [-0.3, -0.25) is 9.69 Å². The largest absolute Gasteiger partial charge is 0.337 e. The number of nitrogens with one attached hydrogen (secondary N) is 1. The van der Waals surface area contributed by atoms with Crippen molar-refractivity contribution in [2.75, 3.05) is 13.1 Å². The predicted molar refractivity (Wildman–Crippen MR) is 89.6 cm³/mol. The maximum Gasteiger partial charge on any atom is 0.324 e. The summed E-state index contributed by atoms with van der Waals surface area (Å²) in [4.78, 5) is 25.6. The number of urea groups is 1. The first-order valence-electron chi connectivity index (χ1n) is 7.95. The lowest BCUT2D eigenvalue weighted by Crippen LogP contribution is -2.42. The van der Waals surface area contributed by atoms with E-state index in [1.165, 1.54) is 17.0 Å². The molecule has 1 aromatic carbocycles. The van der Waals surface area contributed by atoms with Crippen LogP contribution in [0.2, 0.25) is 0 Å². The second-order valence-corrected chi connectivity index (χ2v) is 7.67. The van der Waals surface area contributed by atoms with Crippen LogP contribution in [0.5, 0.6) is 0 Å². The standard InChI is InChI=1S/C16H23N3O4S/c1-3-14-11(2)10-19(15(14)20)16(21)18-9-8-12-4-6-13(7-5-12)24(17,22)23/h4-7,11,14H,3,8-10H2,1-2H3,(H,18,21)(H2,17,22,23)/t11-,14-/m1/s1. The van der Waals surface area contributed by atoms with Gasteiger partial charge in [0.2, 0.25) is 15.9 Å². The molecule has 0 aromatic heterocycles. The fourth-order valence-electron chi connectivity index (χ4n) is 2.96. The van der Waals surface area contributed by atoms with E-state index in [4.69, 9.17) is 5.14 Å². The van der Waals surface area contributed by atoms with Gasteiger partial charge in [0.15, 0.2) is 0 Å². The van der Waals surface area contributed by atoms with E-state index in [1.54, 1.807) is 12.1 Å². The summed E-state index contributed by atoms with van der Waals surface area (Å²) in [6.45, 7) is 4.74. The Morgan fingerprint density at radius 3 is 2.46 bits per heavy atom. The molecule has 0 spiro atoms. The molecule has 0 aliphatic carbocycles. The van der Waals surface area contributed by atoms with Gasteiger partial charge in [-0.2, -0.15) is 0 Å². The number of hydrogen-bond donors (Lipinski definition) is 2. The monoisotopic (exact) mass is 353 g/mol. The Morgan fingerprint density at radius 2 is 1.96 bits per heavy atom. The summed E-state index contributed by atoms with van der Waals surface area (Å²) in [7, 11) is -3.70. The summed E-state index contributed by atoms with van der Waals surface area (Å²) in [6.07, 6.45) is 1.27. The van der Waals surface area contributed by atoms with Crippen molar-refractivity contribution in [3.05, 3.63) is 29.8 Å². The van der Waals surface area contributed by atoms with E-state index in [0.29, 0.717) is 19.5 Å². The van der Waals surface area contributed by atoms with Gasteiger partial charge in [0, 0.05) is 19.0 Å². The van der Waals surface area contributed by atoms with Crippen LogP contribution >= 0.6 is 0 Å². The molecule has 7 nitrogen and oxygen atoms in total. The number of likely N-dealkylation sites (tertiary alicyclic amines) is 1. The molecule has 1 aliphatic rings. The zero-order valence-corrected chi connectivity index (χ0v) is 14.7. The van der Waals surface area contributed by atoms with Gasteiger partial charge in [0.25, 0.3) is 0 Å². The van der Waals surface area contributed by atoms with Crippen molar-refractivity contribution in [2.24, 2.45) is 17.0 Å². The van der Waals surface area contributed by atoms with Gasteiger partial charge in [-0.15, -0.1) is 0 Å². The average molecular weight is 353 g/mol. The van der Waals surface area contributed by atoms with Crippen molar-refractivity contribution in [1.29, 1.82) is 0 Å². The maximum absolute atomic E-state index is 12.1. The number of imide groups is 1. The number of hydrogen-bond acceptors (Lipinski definition) is 4. The number of benzene rings is 1. The Morgan fingerprint density at radius 1 is 1.33 bits per heavy atom.